The summed E-state index contributed by atoms with van der Waals surface area (Å²) in [4.78, 5) is 29.7. The summed E-state index contributed by atoms with van der Waals surface area (Å²) in [5.74, 6) is -2.10. The highest BCUT2D eigenvalue weighted by Gasteiger charge is 2.46. The normalized spacial score (nSPS) is 21.6. The third kappa shape index (κ3) is 4.38. The maximum absolute atomic E-state index is 13.3. The second kappa shape index (κ2) is 8.99. The summed E-state index contributed by atoms with van der Waals surface area (Å²) in [6.45, 7) is 5.75. The van der Waals surface area contributed by atoms with Gasteiger partial charge in [-0.05, 0) is 36.8 Å². The second-order valence-corrected chi connectivity index (χ2v) is 7.86. The number of carbonyl (C=O) groups is 2. The van der Waals surface area contributed by atoms with Crippen molar-refractivity contribution in [1.29, 1.82) is 0 Å². The molecule has 4 rings (SSSR count). The maximum Gasteiger partial charge on any atom is 0.295 e. The Morgan fingerprint density at radius 1 is 1.03 bits per heavy atom. The van der Waals surface area contributed by atoms with E-state index in [9.17, 15) is 19.1 Å². The van der Waals surface area contributed by atoms with E-state index in [0.29, 0.717) is 31.9 Å². The van der Waals surface area contributed by atoms with Crippen molar-refractivity contribution in [2.24, 2.45) is 0 Å². The molecule has 0 saturated carbocycles. The number of rotatable bonds is 5. The zero-order chi connectivity index (χ0) is 22.0. The number of aryl methyl sites for hydroxylation is 1. The van der Waals surface area contributed by atoms with Gasteiger partial charge in [0, 0.05) is 31.7 Å². The van der Waals surface area contributed by atoms with Crippen LogP contribution in [0.3, 0.4) is 0 Å². The van der Waals surface area contributed by atoms with Gasteiger partial charge >= 0.3 is 0 Å². The minimum Gasteiger partial charge on any atom is -0.507 e. The molecule has 0 aromatic heterocycles. The van der Waals surface area contributed by atoms with Crippen molar-refractivity contribution in [2.75, 3.05) is 39.4 Å². The second-order valence-electron chi connectivity index (χ2n) is 7.86. The molecule has 2 aromatic rings. The number of benzene rings is 2. The number of hydrogen-bond acceptors (Lipinski definition) is 5. The molecule has 6 nitrogen and oxygen atoms in total. The highest BCUT2D eigenvalue weighted by atomic mass is 19.1. The van der Waals surface area contributed by atoms with Crippen molar-refractivity contribution in [2.45, 2.75) is 13.0 Å². The Kier molecular flexibility index (Phi) is 6.15. The first-order valence-electron chi connectivity index (χ1n) is 10.4. The number of morpholine rings is 1. The number of nitrogens with zero attached hydrogens (tertiary/aromatic N) is 2. The van der Waals surface area contributed by atoms with Gasteiger partial charge in [0.2, 0.25) is 0 Å². The standard InChI is InChI=1S/C24H25FN2O4/c1-16-2-4-17(5-3-16)21-20(22(28)18-6-8-19(25)9-7-18)23(29)24(30)27(21)11-10-26-12-14-31-15-13-26/h2-9,21,28H,10-15H2,1H3/t21-/m0/s1. The lowest BCUT2D eigenvalue weighted by Crippen LogP contribution is -2.42. The van der Waals surface area contributed by atoms with Crippen molar-refractivity contribution in [1.82, 2.24) is 9.80 Å². The largest absolute Gasteiger partial charge is 0.507 e. The summed E-state index contributed by atoms with van der Waals surface area (Å²) in [7, 11) is 0. The van der Waals surface area contributed by atoms with E-state index in [0.717, 1.165) is 24.2 Å². The van der Waals surface area contributed by atoms with Gasteiger partial charge in [-0.3, -0.25) is 14.5 Å². The molecule has 0 spiro atoms. The average molecular weight is 424 g/mol. The van der Waals surface area contributed by atoms with Crippen LogP contribution in [0.2, 0.25) is 0 Å². The van der Waals surface area contributed by atoms with Crippen LogP contribution in [0.1, 0.15) is 22.7 Å². The van der Waals surface area contributed by atoms with Crippen molar-refractivity contribution in [3.63, 3.8) is 0 Å². The Morgan fingerprint density at radius 2 is 1.68 bits per heavy atom. The lowest BCUT2D eigenvalue weighted by molar-refractivity contribution is -0.140. The highest BCUT2D eigenvalue weighted by molar-refractivity contribution is 6.46. The Bertz CT molecular complexity index is 995. The molecule has 1 N–H and O–H groups in total. The van der Waals surface area contributed by atoms with Gasteiger partial charge in [0.25, 0.3) is 11.7 Å². The van der Waals surface area contributed by atoms with Crippen LogP contribution < -0.4 is 0 Å². The first kappa shape index (κ1) is 21.2. The predicted octanol–water partition coefficient (Wildman–Crippen LogP) is 2.89. The first-order chi connectivity index (χ1) is 15.0. The SMILES string of the molecule is Cc1ccc([C@H]2C(=C(O)c3ccc(F)cc3)C(=O)C(=O)N2CCN2CCOCC2)cc1. The van der Waals surface area contributed by atoms with Crippen LogP contribution in [0.4, 0.5) is 4.39 Å². The number of halogens is 1. The van der Waals surface area contributed by atoms with Gasteiger partial charge in [0.05, 0.1) is 24.8 Å². The summed E-state index contributed by atoms with van der Waals surface area (Å²) >= 11 is 0. The van der Waals surface area contributed by atoms with Gasteiger partial charge in [-0.1, -0.05) is 29.8 Å². The molecule has 31 heavy (non-hydrogen) atoms. The van der Waals surface area contributed by atoms with E-state index in [2.05, 4.69) is 4.90 Å². The summed E-state index contributed by atoms with van der Waals surface area (Å²) in [5, 5.41) is 11.0. The number of carbonyl (C=O) groups excluding carboxylic acids is 2. The molecule has 2 fully saturated rings. The molecule has 2 aliphatic rings. The van der Waals surface area contributed by atoms with Crippen molar-refractivity contribution in [3.8, 4) is 0 Å². The van der Waals surface area contributed by atoms with Crippen molar-refractivity contribution < 1.29 is 23.8 Å². The Morgan fingerprint density at radius 3 is 2.32 bits per heavy atom. The van der Waals surface area contributed by atoms with E-state index in [-0.39, 0.29) is 11.3 Å². The van der Waals surface area contributed by atoms with Crippen LogP contribution in [-0.2, 0) is 14.3 Å². The molecule has 2 heterocycles. The Labute approximate surface area is 180 Å². The molecule has 2 aliphatic heterocycles. The summed E-state index contributed by atoms with van der Waals surface area (Å²) in [5.41, 5.74) is 2.12. The molecule has 1 amide bonds. The average Bonchev–Trinajstić information content (AvgIpc) is 3.04. The topological polar surface area (TPSA) is 70.1 Å². The smallest absolute Gasteiger partial charge is 0.295 e. The molecule has 7 heteroatoms. The molecule has 1 atom stereocenters. The lowest BCUT2D eigenvalue weighted by Gasteiger charge is -2.31. The van der Waals surface area contributed by atoms with Crippen molar-refractivity contribution in [3.05, 3.63) is 76.6 Å². The molecular weight excluding hydrogens is 399 g/mol. The number of aliphatic hydroxyl groups excluding tert-OH is 1. The van der Waals surface area contributed by atoms with Crippen LogP contribution in [-0.4, -0.2) is 66.0 Å². The molecule has 0 unspecified atom stereocenters. The van der Waals surface area contributed by atoms with Gasteiger partial charge in [0.15, 0.2) is 0 Å². The number of amides is 1. The number of ketones is 1. The fourth-order valence-corrected chi connectivity index (χ4v) is 4.04. The van der Waals surface area contributed by atoms with Gasteiger partial charge in [-0.15, -0.1) is 0 Å². The van der Waals surface area contributed by atoms with E-state index in [1.165, 1.54) is 29.2 Å². The number of hydrogen-bond donors (Lipinski definition) is 1. The third-order valence-electron chi connectivity index (χ3n) is 5.81. The number of likely N-dealkylation sites (tertiary alicyclic amines) is 1. The number of ether oxygens (including phenoxy) is 1. The third-order valence-corrected chi connectivity index (χ3v) is 5.81. The van der Waals surface area contributed by atoms with Gasteiger partial charge < -0.3 is 14.7 Å². The Hall–Kier alpha value is -3.03. The van der Waals surface area contributed by atoms with Gasteiger partial charge in [-0.2, -0.15) is 0 Å². The van der Waals surface area contributed by atoms with Gasteiger partial charge in [0.1, 0.15) is 11.6 Å². The van der Waals surface area contributed by atoms with Crippen LogP contribution in [0.25, 0.3) is 5.76 Å². The zero-order valence-corrected chi connectivity index (χ0v) is 17.4. The number of aliphatic hydroxyl groups is 1. The fourth-order valence-electron chi connectivity index (χ4n) is 4.04. The summed E-state index contributed by atoms with van der Waals surface area (Å²) in [6.07, 6.45) is 0. The molecule has 0 aliphatic carbocycles. The van der Waals surface area contributed by atoms with E-state index >= 15 is 0 Å². The van der Waals surface area contributed by atoms with Crippen molar-refractivity contribution >= 4 is 17.4 Å². The quantitative estimate of drug-likeness (QED) is 0.454. The van der Waals surface area contributed by atoms with Crippen LogP contribution in [0.5, 0.6) is 0 Å². The molecular formula is C24H25FN2O4. The van der Waals surface area contributed by atoms with E-state index in [1.54, 1.807) is 0 Å². The van der Waals surface area contributed by atoms with E-state index in [4.69, 9.17) is 4.74 Å². The Balaban J connectivity index is 1.72. The lowest BCUT2D eigenvalue weighted by atomic mass is 9.94. The van der Waals surface area contributed by atoms with E-state index in [1.807, 2.05) is 31.2 Å². The van der Waals surface area contributed by atoms with Gasteiger partial charge in [-0.25, -0.2) is 4.39 Å². The molecule has 0 radical (unpaired) electrons. The molecule has 2 saturated heterocycles. The summed E-state index contributed by atoms with van der Waals surface area (Å²) in [6, 6.07) is 12.1. The monoisotopic (exact) mass is 424 g/mol. The predicted molar refractivity (Wildman–Crippen MR) is 114 cm³/mol. The molecule has 2 aromatic carbocycles. The highest BCUT2D eigenvalue weighted by Crippen LogP contribution is 2.39. The molecule has 162 valence electrons. The zero-order valence-electron chi connectivity index (χ0n) is 17.4. The summed E-state index contributed by atoms with van der Waals surface area (Å²) < 4.78 is 18.7. The van der Waals surface area contributed by atoms with Crippen LogP contribution in [0, 0.1) is 12.7 Å². The number of Topliss-reactive ketones (excluding diaryl/α,β-unsaturated/α-hetero) is 1. The maximum atomic E-state index is 13.3. The first-order valence-corrected chi connectivity index (χ1v) is 10.4. The minimum atomic E-state index is -0.727. The molecule has 0 bridgehead atoms. The van der Waals surface area contributed by atoms with Crippen LogP contribution >= 0.6 is 0 Å². The van der Waals surface area contributed by atoms with Crippen LogP contribution in [0.15, 0.2) is 54.1 Å². The fraction of sp³-hybridized carbons (Fsp3) is 0.333. The van der Waals surface area contributed by atoms with E-state index < -0.39 is 23.5 Å². The minimum absolute atomic E-state index is 0.0300.